The lowest BCUT2D eigenvalue weighted by Crippen LogP contribution is -2.08. The number of nitrogens with zero attached hydrogens (tertiary/aromatic N) is 4. The number of rotatable bonds is 11. The average Bonchev–Trinajstić information content (AvgIpc) is 3.00. The topological polar surface area (TPSA) is 191 Å². The molecule has 4 aromatic carbocycles. The van der Waals surface area contributed by atoms with Gasteiger partial charge in [0.1, 0.15) is 11.5 Å². The number of halogens is 6. The summed E-state index contributed by atoms with van der Waals surface area (Å²) in [6, 6.07) is 11.6. The highest BCUT2D eigenvalue weighted by Gasteiger charge is 2.40. The first-order chi connectivity index (χ1) is 22.8. The lowest BCUT2D eigenvalue weighted by Gasteiger charge is -2.14. The second-order valence-electron chi connectivity index (χ2n) is 10.2. The fourth-order valence-electron chi connectivity index (χ4n) is 4.54. The van der Waals surface area contributed by atoms with E-state index in [-0.39, 0.29) is 41.7 Å². The van der Waals surface area contributed by atoms with Gasteiger partial charge in [-0.25, -0.2) is 0 Å². The highest BCUT2D eigenvalue weighted by Crippen LogP contribution is 2.46. The first-order valence-corrected chi connectivity index (χ1v) is 13.4. The molecule has 0 heterocycles. The third kappa shape index (κ3) is 8.15. The third-order valence-electron chi connectivity index (χ3n) is 6.90. The summed E-state index contributed by atoms with van der Waals surface area (Å²) in [5, 5.41) is 45.8. The quantitative estimate of drug-likeness (QED) is 0.0829. The number of ether oxygens (including phenoxy) is 2. The smallest absolute Gasteiger partial charge is 0.416 e. The summed E-state index contributed by atoms with van der Waals surface area (Å²) >= 11 is 0. The summed E-state index contributed by atoms with van der Waals surface area (Å²) in [5.41, 5.74) is -6.99. The molecule has 0 aliphatic rings. The SMILES string of the molecule is CC(Cc1ccc(Oc2c([N+](=O)[O-])cc(C(F)(F)F)cc2[N+](=O)[O-])cc1)c1ccc(Oc2c([N+](=O)[O-])cc(C(F)(F)F)cc2[N+](=O)[O-])cc1. The van der Waals surface area contributed by atoms with Crippen molar-refractivity contribution in [3.63, 3.8) is 0 Å². The molecule has 1 unspecified atom stereocenters. The number of hydrogen-bond acceptors (Lipinski definition) is 10. The van der Waals surface area contributed by atoms with Gasteiger partial charge in [0, 0.05) is 24.3 Å². The van der Waals surface area contributed by atoms with Crippen molar-refractivity contribution >= 4 is 22.7 Å². The van der Waals surface area contributed by atoms with Crippen LogP contribution in [0.25, 0.3) is 0 Å². The van der Waals surface area contributed by atoms with Crippen molar-refractivity contribution in [1.29, 1.82) is 0 Å². The monoisotopic (exact) mass is 696 g/mol. The highest BCUT2D eigenvalue weighted by molar-refractivity contribution is 5.64. The third-order valence-corrected chi connectivity index (χ3v) is 6.90. The van der Waals surface area contributed by atoms with Crippen LogP contribution in [0.1, 0.15) is 35.1 Å². The van der Waals surface area contributed by atoms with Crippen LogP contribution in [0.15, 0.2) is 72.8 Å². The van der Waals surface area contributed by atoms with Crippen LogP contribution in [0.2, 0.25) is 0 Å². The molecule has 4 aromatic rings. The number of benzene rings is 4. The van der Waals surface area contributed by atoms with Gasteiger partial charge in [0.25, 0.3) is 11.5 Å². The van der Waals surface area contributed by atoms with Gasteiger partial charge in [-0.2, -0.15) is 26.3 Å². The van der Waals surface area contributed by atoms with Gasteiger partial charge in [0.15, 0.2) is 0 Å². The van der Waals surface area contributed by atoms with Gasteiger partial charge in [-0.1, -0.05) is 31.2 Å². The summed E-state index contributed by atoms with van der Waals surface area (Å²) in [4.78, 5) is 40.9. The van der Waals surface area contributed by atoms with Gasteiger partial charge >= 0.3 is 35.1 Å². The second kappa shape index (κ2) is 13.4. The van der Waals surface area contributed by atoms with Gasteiger partial charge < -0.3 is 9.47 Å². The van der Waals surface area contributed by atoms with E-state index in [1.165, 1.54) is 48.5 Å². The van der Waals surface area contributed by atoms with Gasteiger partial charge in [-0.3, -0.25) is 40.5 Å². The molecular formula is C29H18F6N4O10. The fraction of sp³-hybridized carbons (Fsp3) is 0.172. The van der Waals surface area contributed by atoms with Crippen molar-refractivity contribution in [3.8, 4) is 23.0 Å². The maximum absolute atomic E-state index is 13.2. The molecule has 4 rings (SSSR count). The Morgan fingerprint density at radius 3 is 1.16 bits per heavy atom. The Hall–Kier alpha value is -6.34. The lowest BCUT2D eigenvalue weighted by molar-refractivity contribution is -0.396. The average molecular weight is 696 g/mol. The van der Waals surface area contributed by atoms with Crippen LogP contribution in [0.4, 0.5) is 49.1 Å². The molecule has 0 N–H and O–H groups in total. The van der Waals surface area contributed by atoms with Crippen molar-refractivity contribution in [3.05, 3.63) is 136 Å². The van der Waals surface area contributed by atoms with Crippen LogP contribution in [0.3, 0.4) is 0 Å². The van der Waals surface area contributed by atoms with Crippen molar-refractivity contribution < 1.29 is 55.5 Å². The van der Waals surface area contributed by atoms with Gasteiger partial charge in [0.05, 0.1) is 30.8 Å². The van der Waals surface area contributed by atoms with Gasteiger partial charge in [-0.05, 0) is 47.7 Å². The molecule has 0 saturated carbocycles. The van der Waals surface area contributed by atoms with E-state index in [4.69, 9.17) is 9.47 Å². The van der Waals surface area contributed by atoms with Gasteiger partial charge in [0.2, 0.25) is 0 Å². The fourth-order valence-corrected chi connectivity index (χ4v) is 4.54. The van der Waals surface area contributed by atoms with Crippen LogP contribution < -0.4 is 9.47 Å². The predicted octanol–water partition coefficient (Wildman–Crippen LogP) is 9.29. The number of nitro groups is 4. The molecule has 256 valence electrons. The molecule has 0 bridgehead atoms. The summed E-state index contributed by atoms with van der Waals surface area (Å²) in [7, 11) is 0. The molecule has 20 heteroatoms. The molecule has 0 amide bonds. The van der Waals surface area contributed by atoms with Gasteiger partial charge in [-0.15, -0.1) is 0 Å². The standard InChI is InChI=1S/C29H18F6N4O10/c1-15(17-4-8-21(9-5-17)49-27-24(38(44)45)13-19(29(33,34)35)14-25(27)39(46)47)10-16-2-6-20(7-3-16)48-26-22(36(40)41)11-18(28(30,31)32)12-23(26)37(42)43/h2-9,11-15H,10H2,1H3. The number of hydrogen-bond donors (Lipinski definition) is 0. The van der Waals surface area contributed by atoms with Crippen molar-refractivity contribution in [1.82, 2.24) is 0 Å². The molecular weight excluding hydrogens is 678 g/mol. The normalized spacial score (nSPS) is 12.2. The number of nitro benzene ring substituents is 4. The Kier molecular flexibility index (Phi) is 9.72. The predicted molar refractivity (Wildman–Crippen MR) is 155 cm³/mol. The molecule has 0 aliphatic carbocycles. The molecule has 14 nitrogen and oxygen atoms in total. The van der Waals surface area contributed by atoms with Crippen molar-refractivity contribution in [2.75, 3.05) is 0 Å². The summed E-state index contributed by atoms with van der Waals surface area (Å²) in [6.45, 7) is 1.78. The first kappa shape index (κ1) is 35.5. The van der Waals surface area contributed by atoms with Crippen LogP contribution in [-0.4, -0.2) is 19.7 Å². The Morgan fingerprint density at radius 1 is 0.571 bits per heavy atom. The van der Waals surface area contributed by atoms with E-state index in [0.717, 1.165) is 0 Å². The van der Waals surface area contributed by atoms with E-state index >= 15 is 0 Å². The van der Waals surface area contributed by atoms with Crippen molar-refractivity contribution in [2.24, 2.45) is 0 Å². The summed E-state index contributed by atoms with van der Waals surface area (Å²) in [5.74, 6) is -2.57. The van der Waals surface area contributed by atoms with E-state index in [2.05, 4.69) is 0 Å². The molecule has 0 spiro atoms. The molecule has 49 heavy (non-hydrogen) atoms. The van der Waals surface area contributed by atoms with E-state index in [9.17, 15) is 66.8 Å². The summed E-state index contributed by atoms with van der Waals surface area (Å²) < 4.78 is 89.7. The Morgan fingerprint density at radius 2 is 0.878 bits per heavy atom. The number of alkyl halides is 6. The van der Waals surface area contributed by atoms with E-state index < -0.39 is 77.4 Å². The molecule has 0 saturated heterocycles. The zero-order valence-corrected chi connectivity index (χ0v) is 24.4. The van der Waals surface area contributed by atoms with Crippen LogP contribution in [0.5, 0.6) is 23.0 Å². The Balaban J connectivity index is 1.52. The minimum Gasteiger partial charge on any atom is -0.444 e. The largest absolute Gasteiger partial charge is 0.444 e. The van der Waals surface area contributed by atoms with E-state index in [1.807, 2.05) is 0 Å². The second-order valence-corrected chi connectivity index (χ2v) is 10.2. The lowest BCUT2D eigenvalue weighted by atomic mass is 9.94. The van der Waals surface area contributed by atoms with Crippen LogP contribution >= 0.6 is 0 Å². The first-order valence-electron chi connectivity index (χ1n) is 13.4. The Labute approximate surface area is 268 Å². The Bertz CT molecular complexity index is 1880. The van der Waals surface area contributed by atoms with Crippen molar-refractivity contribution in [2.45, 2.75) is 31.6 Å². The molecule has 0 aliphatic heterocycles. The molecule has 0 fully saturated rings. The zero-order valence-electron chi connectivity index (χ0n) is 24.4. The van der Waals surface area contributed by atoms with E-state index in [0.29, 0.717) is 17.5 Å². The maximum Gasteiger partial charge on any atom is 0.416 e. The van der Waals surface area contributed by atoms with E-state index in [1.54, 1.807) is 6.92 Å². The van der Waals surface area contributed by atoms with Crippen LogP contribution in [-0.2, 0) is 18.8 Å². The van der Waals surface area contributed by atoms with Crippen LogP contribution in [0, 0.1) is 40.5 Å². The minimum absolute atomic E-state index is 0.126. The zero-order chi connectivity index (χ0) is 36.4. The summed E-state index contributed by atoms with van der Waals surface area (Å²) in [6.07, 6.45) is -9.88. The molecule has 0 radical (unpaired) electrons. The molecule has 0 aromatic heterocycles. The highest BCUT2D eigenvalue weighted by atomic mass is 19.4. The maximum atomic E-state index is 13.2. The minimum atomic E-state index is -5.10. The molecule has 1 atom stereocenters.